The minimum atomic E-state index is 0.515. The van der Waals surface area contributed by atoms with Crippen LogP contribution in [0.5, 0.6) is 0 Å². The predicted octanol–water partition coefficient (Wildman–Crippen LogP) is 6.65. The fraction of sp³-hybridized carbons (Fsp3) is 0.500. The summed E-state index contributed by atoms with van der Waals surface area (Å²) in [4.78, 5) is 1.41. The molecule has 1 aliphatic carbocycles. The zero-order valence-electron chi connectivity index (χ0n) is 14.4. The first-order valence-corrected chi connectivity index (χ1v) is 10.3. The van der Waals surface area contributed by atoms with Gasteiger partial charge in [0.1, 0.15) is 0 Å². The van der Waals surface area contributed by atoms with Gasteiger partial charge in [-0.1, -0.05) is 75.5 Å². The van der Waals surface area contributed by atoms with E-state index in [0.717, 1.165) is 12.3 Å². The van der Waals surface area contributed by atoms with Crippen molar-refractivity contribution in [1.29, 1.82) is 0 Å². The van der Waals surface area contributed by atoms with E-state index in [0.29, 0.717) is 11.2 Å². The van der Waals surface area contributed by atoms with Gasteiger partial charge < -0.3 is 0 Å². The molecule has 0 saturated heterocycles. The van der Waals surface area contributed by atoms with Crippen LogP contribution in [-0.4, -0.2) is 16.8 Å². The van der Waals surface area contributed by atoms with Crippen LogP contribution in [0.25, 0.3) is 0 Å². The van der Waals surface area contributed by atoms with Crippen molar-refractivity contribution in [3.63, 3.8) is 0 Å². The highest BCUT2D eigenvalue weighted by Crippen LogP contribution is 2.25. The third-order valence-electron chi connectivity index (χ3n) is 3.27. The first-order chi connectivity index (χ1) is 10.7. The molecule has 0 radical (unpaired) electrons. The summed E-state index contributed by atoms with van der Waals surface area (Å²) in [5.74, 6) is 3.67. The van der Waals surface area contributed by atoms with Crippen LogP contribution in [0.1, 0.15) is 34.1 Å². The van der Waals surface area contributed by atoms with Crippen molar-refractivity contribution < 1.29 is 0 Å². The van der Waals surface area contributed by atoms with Crippen molar-refractivity contribution in [2.24, 2.45) is 11.8 Å². The second kappa shape index (κ2) is 11.9. The van der Waals surface area contributed by atoms with Crippen LogP contribution in [-0.2, 0) is 0 Å². The van der Waals surface area contributed by atoms with Gasteiger partial charge >= 0.3 is 0 Å². The maximum atomic E-state index is 2.36. The molecule has 0 N–H and O–H groups in total. The van der Waals surface area contributed by atoms with E-state index in [1.165, 1.54) is 16.4 Å². The van der Waals surface area contributed by atoms with E-state index in [1.807, 2.05) is 11.8 Å². The summed E-state index contributed by atoms with van der Waals surface area (Å²) in [5, 5.41) is 0.515. The summed E-state index contributed by atoms with van der Waals surface area (Å²) in [6, 6.07) is 0. The molecule has 122 valence electrons. The van der Waals surface area contributed by atoms with E-state index in [9.17, 15) is 0 Å². The third-order valence-corrected chi connectivity index (χ3v) is 6.11. The van der Waals surface area contributed by atoms with Gasteiger partial charge in [0.15, 0.2) is 0 Å². The smallest absolute Gasteiger partial charge is 0.0410 e. The molecule has 2 heteroatoms. The molecule has 0 bridgehead atoms. The molecule has 22 heavy (non-hydrogen) atoms. The van der Waals surface area contributed by atoms with Crippen LogP contribution in [0.3, 0.4) is 0 Å². The van der Waals surface area contributed by atoms with Crippen molar-refractivity contribution in [2.75, 3.05) is 11.5 Å². The summed E-state index contributed by atoms with van der Waals surface area (Å²) in [6.45, 7) is 8.88. The standard InChI is InChI=1S/C20H30S2/c1-5-9-19(10-6-2)21-15-18(4)16-22-20-12-8-7-11-17(3)13-14-20/h5,7-14,17-18,20H,6,15-16H2,1-4H3/b9-5-,11-7-,12-8?,14-13?,19-10?. The lowest BCUT2D eigenvalue weighted by Gasteiger charge is -2.15. The highest BCUT2D eigenvalue weighted by molar-refractivity contribution is 8.03. The van der Waals surface area contributed by atoms with Crippen LogP contribution in [0.15, 0.2) is 59.6 Å². The van der Waals surface area contributed by atoms with E-state index in [2.05, 4.69) is 94.1 Å². The molecule has 0 fully saturated rings. The first-order valence-electron chi connectivity index (χ1n) is 8.26. The van der Waals surface area contributed by atoms with E-state index < -0.39 is 0 Å². The van der Waals surface area contributed by atoms with Crippen LogP contribution < -0.4 is 0 Å². The van der Waals surface area contributed by atoms with Gasteiger partial charge in [0.05, 0.1) is 0 Å². The predicted molar refractivity (Wildman–Crippen MR) is 108 cm³/mol. The molecular weight excluding hydrogens is 304 g/mol. The highest BCUT2D eigenvalue weighted by atomic mass is 32.2. The van der Waals surface area contributed by atoms with Gasteiger partial charge in [-0.15, -0.1) is 23.5 Å². The number of thioether (sulfide) groups is 2. The Morgan fingerprint density at radius 2 is 1.91 bits per heavy atom. The Morgan fingerprint density at radius 1 is 1.14 bits per heavy atom. The van der Waals surface area contributed by atoms with Crippen LogP contribution in [0.2, 0.25) is 0 Å². The maximum Gasteiger partial charge on any atom is 0.0410 e. The highest BCUT2D eigenvalue weighted by Gasteiger charge is 2.08. The molecule has 0 spiro atoms. The SMILES string of the molecule is C/C=C\C(=CCC)SCC(C)CSC1C=C/C=C\C(C)C=C1. The van der Waals surface area contributed by atoms with Crippen molar-refractivity contribution >= 4 is 23.5 Å². The monoisotopic (exact) mass is 334 g/mol. The Kier molecular flexibility index (Phi) is 10.5. The van der Waals surface area contributed by atoms with Gasteiger partial charge in [0.25, 0.3) is 0 Å². The minimum absolute atomic E-state index is 0.515. The average molecular weight is 335 g/mol. The maximum absolute atomic E-state index is 2.36. The van der Waals surface area contributed by atoms with Crippen molar-refractivity contribution in [3.8, 4) is 0 Å². The molecule has 0 aromatic heterocycles. The molecule has 3 atom stereocenters. The van der Waals surface area contributed by atoms with Gasteiger partial charge in [0, 0.05) is 15.9 Å². The number of hydrogen-bond acceptors (Lipinski definition) is 2. The Balaban J connectivity index is 2.37. The average Bonchev–Trinajstić information content (AvgIpc) is 2.48. The molecule has 0 saturated carbocycles. The summed E-state index contributed by atoms with van der Waals surface area (Å²) in [6.07, 6.45) is 21.3. The molecule has 1 rings (SSSR count). The first kappa shape index (κ1) is 19.4. The molecule has 0 heterocycles. The van der Waals surface area contributed by atoms with Gasteiger partial charge in [-0.2, -0.15) is 0 Å². The van der Waals surface area contributed by atoms with E-state index >= 15 is 0 Å². The molecule has 1 aliphatic rings. The summed E-state index contributed by atoms with van der Waals surface area (Å²) < 4.78 is 0. The molecule has 0 nitrogen and oxygen atoms in total. The Bertz CT molecular complexity index is 441. The molecular formula is C20H30S2. The minimum Gasteiger partial charge on any atom is -0.150 e. The molecule has 0 aliphatic heterocycles. The van der Waals surface area contributed by atoms with E-state index in [1.54, 1.807) is 0 Å². The summed E-state index contributed by atoms with van der Waals surface area (Å²) >= 11 is 4.04. The number of allylic oxidation sites excluding steroid dienone is 7. The second-order valence-corrected chi connectivity index (χ2v) is 8.05. The summed E-state index contributed by atoms with van der Waals surface area (Å²) in [7, 11) is 0. The lowest BCUT2D eigenvalue weighted by molar-refractivity contribution is 0.764. The molecule has 0 aromatic rings. The van der Waals surface area contributed by atoms with Gasteiger partial charge in [-0.25, -0.2) is 0 Å². The van der Waals surface area contributed by atoms with Crippen molar-refractivity contribution in [3.05, 3.63) is 59.6 Å². The second-order valence-electron chi connectivity index (χ2n) is 5.74. The van der Waals surface area contributed by atoms with E-state index in [4.69, 9.17) is 0 Å². The van der Waals surface area contributed by atoms with Gasteiger partial charge in [-0.3, -0.25) is 0 Å². The number of rotatable bonds is 8. The quantitative estimate of drug-likeness (QED) is 0.360. The lowest BCUT2D eigenvalue weighted by atomic mass is 10.1. The van der Waals surface area contributed by atoms with Gasteiger partial charge in [-0.05, 0) is 30.9 Å². The zero-order valence-corrected chi connectivity index (χ0v) is 16.0. The van der Waals surface area contributed by atoms with Crippen LogP contribution >= 0.6 is 23.5 Å². The third kappa shape index (κ3) is 8.75. The Morgan fingerprint density at radius 3 is 2.64 bits per heavy atom. The molecule has 0 amide bonds. The largest absolute Gasteiger partial charge is 0.150 e. The van der Waals surface area contributed by atoms with E-state index in [-0.39, 0.29) is 0 Å². The van der Waals surface area contributed by atoms with Crippen molar-refractivity contribution in [1.82, 2.24) is 0 Å². The molecule has 3 unspecified atom stereocenters. The van der Waals surface area contributed by atoms with Crippen LogP contribution in [0, 0.1) is 11.8 Å². The van der Waals surface area contributed by atoms with Gasteiger partial charge in [0.2, 0.25) is 0 Å². The molecule has 0 aromatic carbocycles. The number of hydrogen-bond donors (Lipinski definition) is 0. The van der Waals surface area contributed by atoms with Crippen LogP contribution in [0.4, 0.5) is 0 Å². The van der Waals surface area contributed by atoms with Crippen molar-refractivity contribution in [2.45, 2.75) is 39.4 Å². The lowest BCUT2D eigenvalue weighted by Crippen LogP contribution is -2.06. The fourth-order valence-corrected chi connectivity index (χ4v) is 4.37. The Hall–Kier alpha value is -0.600. The summed E-state index contributed by atoms with van der Waals surface area (Å²) in [5.41, 5.74) is 0. The fourth-order valence-electron chi connectivity index (χ4n) is 2.04. The topological polar surface area (TPSA) is 0 Å². The Labute approximate surface area is 145 Å². The zero-order chi connectivity index (χ0) is 16.2. The normalized spacial score (nSPS) is 25.2.